The van der Waals surface area contributed by atoms with E-state index in [9.17, 15) is 4.79 Å². The van der Waals surface area contributed by atoms with Gasteiger partial charge in [-0.1, -0.05) is 16.8 Å². The SMILES string of the molecule is N/C(=N/OC(=O)c1ccnc(Cl)c1)c1cnccn1. The molecule has 2 heterocycles. The average Bonchev–Trinajstić information content (AvgIpc) is 2.45. The van der Waals surface area contributed by atoms with Crippen molar-refractivity contribution in [3.05, 3.63) is 53.3 Å². The summed E-state index contributed by atoms with van der Waals surface area (Å²) < 4.78 is 0. The van der Waals surface area contributed by atoms with Crippen molar-refractivity contribution >= 4 is 23.4 Å². The molecule has 96 valence electrons. The molecule has 0 aliphatic rings. The summed E-state index contributed by atoms with van der Waals surface area (Å²) in [6.07, 6.45) is 5.72. The van der Waals surface area contributed by atoms with Gasteiger partial charge in [-0.15, -0.1) is 0 Å². The molecule has 0 unspecified atom stereocenters. The lowest BCUT2D eigenvalue weighted by Crippen LogP contribution is -2.17. The number of hydrogen-bond donors (Lipinski definition) is 1. The third-order valence-corrected chi connectivity index (χ3v) is 2.22. The van der Waals surface area contributed by atoms with Crippen LogP contribution in [0.2, 0.25) is 5.15 Å². The zero-order chi connectivity index (χ0) is 13.7. The van der Waals surface area contributed by atoms with Gasteiger partial charge in [0.15, 0.2) is 5.84 Å². The summed E-state index contributed by atoms with van der Waals surface area (Å²) in [5.74, 6) is -0.752. The number of oxime groups is 1. The Morgan fingerprint density at radius 1 is 1.32 bits per heavy atom. The molecule has 0 radical (unpaired) electrons. The van der Waals surface area contributed by atoms with Crippen molar-refractivity contribution in [3.8, 4) is 0 Å². The molecule has 19 heavy (non-hydrogen) atoms. The molecule has 2 N–H and O–H groups in total. The topological polar surface area (TPSA) is 103 Å². The summed E-state index contributed by atoms with van der Waals surface area (Å²) in [4.78, 5) is 27.8. The van der Waals surface area contributed by atoms with Gasteiger partial charge in [-0.2, -0.15) is 0 Å². The third kappa shape index (κ3) is 3.46. The number of carbonyl (C=O) groups is 1. The molecule has 8 heteroatoms. The first kappa shape index (κ1) is 12.9. The summed E-state index contributed by atoms with van der Waals surface area (Å²) in [5, 5.41) is 3.66. The van der Waals surface area contributed by atoms with Gasteiger partial charge in [-0.05, 0) is 12.1 Å². The van der Waals surface area contributed by atoms with Crippen LogP contribution < -0.4 is 5.73 Å². The quantitative estimate of drug-likeness (QED) is 0.295. The third-order valence-electron chi connectivity index (χ3n) is 2.01. The van der Waals surface area contributed by atoms with E-state index in [0.717, 1.165) is 0 Å². The number of hydrogen-bond acceptors (Lipinski definition) is 6. The minimum absolute atomic E-state index is 0.0541. The van der Waals surface area contributed by atoms with E-state index in [4.69, 9.17) is 17.3 Å². The molecule has 0 aliphatic heterocycles. The lowest BCUT2D eigenvalue weighted by molar-refractivity contribution is 0.0516. The van der Waals surface area contributed by atoms with Crippen LogP contribution in [0.5, 0.6) is 0 Å². The summed E-state index contributed by atoms with van der Waals surface area (Å²) >= 11 is 5.65. The highest BCUT2D eigenvalue weighted by Gasteiger charge is 2.09. The van der Waals surface area contributed by atoms with Crippen molar-refractivity contribution in [2.24, 2.45) is 10.9 Å². The summed E-state index contributed by atoms with van der Waals surface area (Å²) in [6, 6.07) is 2.81. The van der Waals surface area contributed by atoms with E-state index in [-0.39, 0.29) is 16.6 Å². The maximum Gasteiger partial charge on any atom is 0.365 e. The molecule has 2 aromatic rings. The monoisotopic (exact) mass is 277 g/mol. The zero-order valence-electron chi connectivity index (χ0n) is 9.52. The average molecular weight is 278 g/mol. The van der Waals surface area contributed by atoms with Crippen molar-refractivity contribution < 1.29 is 9.63 Å². The number of carbonyl (C=O) groups excluding carboxylic acids is 1. The molecule has 0 saturated heterocycles. The lowest BCUT2D eigenvalue weighted by Gasteiger charge is -2.00. The second kappa shape index (κ2) is 5.87. The van der Waals surface area contributed by atoms with Crippen LogP contribution in [0.15, 0.2) is 42.1 Å². The highest BCUT2D eigenvalue weighted by Crippen LogP contribution is 2.08. The molecular formula is C11H8ClN5O2. The molecule has 2 rings (SSSR count). The summed E-state index contributed by atoms with van der Waals surface area (Å²) in [5.41, 5.74) is 6.11. The summed E-state index contributed by atoms with van der Waals surface area (Å²) in [7, 11) is 0. The Kier molecular flexibility index (Phi) is 3.99. The van der Waals surface area contributed by atoms with Crippen LogP contribution in [0.4, 0.5) is 0 Å². The number of rotatable bonds is 3. The van der Waals surface area contributed by atoms with Gasteiger partial charge < -0.3 is 10.6 Å². The Hall–Kier alpha value is -2.54. The number of pyridine rings is 1. The van der Waals surface area contributed by atoms with E-state index in [2.05, 4.69) is 24.9 Å². The standard InChI is InChI=1S/C11H8ClN5O2/c12-9-5-7(1-2-16-9)11(18)19-17-10(13)8-6-14-3-4-15-8/h1-6H,(H2,13,17). The first-order chi connectivity index (χ1) is 9.16. The van der Waals surface area contributed by atoms with Crippen molar-refractivity contribution in [2.75, 3.05) is 0 Å². The highest BCUT2D eigenvalue weighted by atomic mass is 35.5. The van der Waals surface area contributed by atoms with Crippen molar-refractivity contribution in [2.45, 2.75) is 0 Å². The molecule has 0 spiro atoms. The van der Waals surface area contributed by atoms with Gasteiger partial charge in [0, 0.05) is 18.6 Å². The van der Waals surface area contributed by atoms with Gasteiger partial charge in [0.2, 0.25) is 0 Å². The molecule has 0 aromatic carbocycles. The fourth-order valence-electron chi connectivity index (χ4n) is 1.15. The number of aromatic nitrogens is 3. The Labute approximate surface area is 113 Å². The Balaban J connectivity index is 2.08. The first-order valence-electron chi connectivity index (χ1n) is 5.09. The smallest absolute Gasteiger partial charge is 0.365 e. The van der Waals surface area contributed by atoms with Crippen molar-refractivity contribution in [3.63, 3.8) is 0 Å². The highest BCUT2D eigenvalue weighted by molar-refractivity contribution is 6.29. The minimum atomic E-state index is -0.698. The fraction of sp³-hybridized carbons (Fsp3) is 0. The maximum absolute atomic E-state index is 11.6. The molecule has 0 saturated carbocycles. The second-order valence-electron chi connectivity index (χ2n) is 3.31. The number of nitrogens with zero attached hydrogens (tertiary/aromatic N) is 4. The van der Waals surface area contributed by atoms with Crippen LogP contribution in [-0.2, 0) is 4.84 Å². The van der Waals surface area contributed by atoms with E-state index in [1.54, 1.807) is 0 Å². The number of halogens is 1. The Morgan fingerprint density at radius 3 is 2.84 bits per heavy atom. The predicted molar refractivity (Wildman–Crippen MR) is 67.4 cm³/mol. The van der Waals surface area contributed by atoms with Gasteiger partial charge in [0.25, 0.3) is 0 Å². The Bertz CT molecular complexity index is 617. The van der Waals surface area contributed by atoms with Crippen LogP contribution >= 0.6 is 11.6 Å². The van der Waals surface area contributed by atoms with Crippen LogP contribution in [0.3, 0.4) is 0 Å². The molecule has 0 amide bonds. The van der Waals surface area contributed by atoms with E-state index in [1.807, 2.05) is 0 Å². The fourth-order valence-corrected chi connectivity index (χ4v) is 1.32. The largest absolute Gasteiger partial charge is 0.379 e. The first-order valence-corrected chi connectivity index (χ1v) is 5.47. The molecule has 0 aliphatic carbocycles. The minimum Gasteiger partial charge on any atom is -0.379 e. The van der Waals surface area contributed by atoms with Crippen molar-refractivity contribution in [1.29, 1.82) is 0 Å². The molecule has 7 nitrogen and oxygen atoms in total. The predicted octanol–water partition coefficient (Wildman–Crippen LogP) is 1.00. The van der Waals surface area contributed by atoms with E-state index in [1.165, 1.54) is 36.9 Å². The molecule has 0 atom stereocenters. The molecular weight excluding hydrogens is 270 g/mol. The Morgan fingerprint density at radius 2 is 2.16 bits per heavy atom. The van der Waals surface area contributed by atoms with Crippen molar-refractivity contribution in [1.82, 2.24) is 15.0 Å². The molecule has 2 aromatic heterocycles. The maximum atomic E-state index is 11.6. The lowest BCUT2D eigenvalue weighted by atomic mass is 10.3. The zero-order valence-corrected chi connectivity index (χ0v) is 10.3. The van der Waals surface area contributed by atoms with Gasteiger partial charge >= 0.3 is 5.97 Å². The van der Waals surface area contributed by atoms with Crippen LogP contribution in [0, 0.1) is 0 Å². The van der Waals surface area contributed by atoms with Crippen LogP contribution in [0.25, 0.3) is 0 Å². The van der Waals surface area contributed by atoms with Gasteiger partial charge in [-0.3, -0.25) is 4.98 Å². The van der Waals surface area contributed by atoms with Crippen LogP contribution in [0.1, 0.15) is 16.1 Å². The molecule has 0 bridgehead atoms. The number of nitrogens with two attached hydrogens (primary N) is 1. The normalized spacial score (nSPS) is 11.1. The number of amidine groups is 1. The summed E-state index contributed by atoms with van der Waals surface area (Å²) in [6.45, 7) is 0. The van der Waals surface area contributed by atoms with Gasteiger partial charge in [-0.25, -0.2) is 14.8 Å². The molecule has 0 fully saturated rings. The van der Waals surface area contributed by atoms with Gasteiger partial charge in [0.1, 0.15) is 10.8 Å². The van der Waals surface area contributed by atoms with E-state index in [0.29, 0.717) is 5.69 Å². The van der Waals surface area contributed by atoms with Gasteiger partial charge in [0.05, 0.1) is 11.8 Å². The van der Waals surface area contributed by atoms with Crippen LogP contribution in [-0.4, -0.2) is 26.8 Å². The van der Waals surface area contributed by atoms with E-state index >= 15 is 0 Å². The van der Waals surface area contributed by atoms with E-state index < -0.39 is 5.97 Å². The second-order valence-corrected chi connectivity index (χ2v) is 3.70.